The van der Waals surface area contributed by atoms with Crippen molar-refractivity contribution in [2.24, 2.45) is 0 Å². The summed E-state index contributed by atoms with van der Waals surface area (Å²) < 4.78 is 0. The van der Waals surface area contributed by atoms with Crippen LogP contribution in [0.4, 0.5) is 17.1 Å². The smallest absolute Gasteiger partial charge is 0.261 e. The standard InChI is InChI=1S/C23H22N4O2/c1-14-13-20(21(24)15(2)25-14)26-17-9-7-16(8-10-17)11-12-27-22(28)18-5-3-4-6-19(18)23(27)29/h3-10,13H,11-12,24H2,1-2H3,(H,25,26). The fourth-order valence-electron chi connectivity index (χ4n) is 3.54. The molecular formula is C23H22N4O2. The number of imide groups is 1. The molecule has 0 bridgehead atoms. The van der Waals surface area contributed by atoms with Crippen LogP contribution in [0.15, 0.2) is 54.6 Å². The van der Waals surface area contributed by atoms with Crippen LogP contribution in [0.5, 0.6) is 0 Å². The van der Waals surface area contributed by atoms with E-state index in [-0.39, 0.29) is 11.8 Å². The van der Waals surface area contributed by atoms with Crippen molar-refractivity contribution >= 4 is 28.9 Å². The fourth-order valence-corrected chi connectivity index (χ4v) is 3.54. The van der Waals surface area contributed by atoms with Crippen LogP contribution in [0, 0.1) is 13.8 Å². The number of amides is 2. The van der Waals surface area contributed by atoms with Crippen LogP contribution < -0.4 is 11.1 Å². The molecule has 3 aromatic rings. The van der Waals surface area contributed by atoms with Crippen molar-refractivity contribution in [3.05, 3.63) is 82.7 Å². The quantitative estimate of drug-likeness (QED) is 0.650. The Kier molecular flexibility index (Phi) is 4.76. The van der Waals surface area contributed by atoms with Crippen LogP contribution in [-0.2, 0) is 6.42 Å². The van der Waals surface area contributed by atoms with E-state index in [1.54, 1.807) is 24.3 Å². The summed E-state index contributed by atoms with van der Waals surface area (Å²) >= 11 is 0. The summed E-state index contributed by atoms with van der Waals surface area (Å²) in [7, 11) is 0. The van der Waals surface area contributed by atoms with Crippen LogP contribution in [0.3, 0.4) is 0 Å². The maximum Gasteiger partial charge on any atom is 0.261 e. The van der Waals surface area contributed by atoms with Crippen LogP contribution in [-0.4, -0.2) is 28.2 Å². The van der Waals surface area contributed by atoms with Gasteiger partial charge < -0.3 is 11.1 Å². The van der Waals surface area contributed by atoms with E-state index in [1.807, 2.05) is 44.2 Å². The minimum Gasteiger partial charge on any atom is -0.396 e. The molecule has 0 aliphatic carbocycles. The Bertz CT molecular complexity index is 1070. The Labute approximate surface area is 169 Å². The molecule has 0 radical (unpaired) electrons. The molecule has 0 atom stereocenters. The number of carbonyl (C=O) groups is 2. The second kappa shape index (κ2) is 7.39. The highest BCUT2D eigenvalue weighted by Crippen LogP contribution is 2.26. The summed E-state index contributed by atoms with van der Waals surface area (Å²) in [6.07, 6.45) is 0.599. The van der Waals surface area contributed by atoms with Crippen molar-refractivity contribution in [1.29, 1.82) is 0 Å². The molecule has 6 nitrogen and oxygen atoms in total. The number of anilines is 3. The molecule has 0 saturated heterocycles. The number of nitrogens with zero attached hydrogens (tertiary/aromatic N) is 2. The number of nitrogens with two attached hydrogens (primary N) is 1. The summed E-state index contributed by atoms with van der Waals surface area (Å²) in [6.45, 7) is 4.17. The number of hydrogen-bond donors (Lipinski definition) is 2. The maximum atomic E-state index is 12.5. The van der Waals surface area contributed by atoms with Crippen LogP contribution in [0.25, 0.3) is 0 Å². The molecule has 1 aliphatic heterocycles. The molecule has 1 aromatic heterocycles. The first-order valence-corrected chi connectivity index (χ1v) is 9.49. The van der Waals surface area contributed by atoms with Crippen LogP contribution >= 0.6 is 0 Å². The zero-order chi connectivity index (χ0) is 20.5. The SMILES string of the molecule is Cc1cc(Nc2ccc(CCN3C(=O)c4ccccc4C3=O)cc2)c(N)c(C)n1. The minimum absolute atomic E-state index is 0.220. The second-order valence-electron chi connectivity index (χ2n) is 7.19. The molecule has 0 saturated carbocycles. The minimum atomic E-state index is -0.220. The van der Waals surface area contributed by atoms with E-state index in [0.29, 0.717) is 29.8 Å². The van der Waals surface area contributed by atoms with Crippen molar-refractivity contribution in [3.8, 4) is 0 Å². The van der Waals surface area contributed by atoms with Gasteiger partial charge in [-0.3, -0.25) is 19.5 Å². The second-order valence-corrected chi connectivity index (χ2v) is 7.19. The lowest BCUT2D eigenvalue weighted by atomic mass is 10.1. The molecule has 146 valence electrons. The molecule has 6 heteroatoms. The lowest BCUT2D eigenvalue weighted by Crippen LogP contribution is -2.31. The molecule has 4 rings (SSSR count). The van der Waals surface area contributed by atoms with E-state index in [0.717, 1.165) is 28.3 Å². The monoisotopic (exact) mass is 386 g/mol. The molecule has 2 amide bonds. The molecule has 29 heavy (non-hydrogen) atoms. The largest absolute Gasteiger partial charge is 0.396 e. The predicted octanol–water partition coefficient (Wildman–Crippen LogP) is 3.86. The first kappa shape index (κ1) is 18.7. The van der Waals surface area contributed by atoms with Gasteiger partial charge in [-0.15, -0.1) is 0 Å². The Hall–Kier alpha value is -3.67. The fraction of sp³-hybridized carbons (Fsp3) is 0.174. The van der Waals surface area contributed by atoms with Gasteiger partial charge in [0.2, 0.25) is 0 Å². The van der Waals surface area contributed by atoms with Gasteiger partial charge in [-0.1, -0.05) is 24.3 Å². The van der Waals surface area contributed by atoms with Gasteiger partial charge >= 0.3 is 0 Å². The third-order valence-corrected chi connectivity index (χ3v) is 5.11. The average Bonchev–Trinajstić information content (AvgIpc) is 2.96. The van der Waals surface area contributed by atoms with Gasteiger partial charge in [0.15, 0.2) is 0 Å². The molecule has 3 N–H and O–H groups in total. The number of fused-ring (bicyclic) bond motifs is 1. The van der Waals surface area contributed by atoms with Crippen LogP contribution in [0.1, 0.15) is 37.7 Å². The van der Waals surface area contributed by atoms with Crippen molar-refractivity contribution in [1.82, 2.24) is 9.88 Å². The normalized spacial score (nSPS) is 13.0. The number of carbonyl (C=O) groups excluding carboxylic acids is 2. The van der Waals surface area contributed by atoms with Gasteiger partial charge in [0.05, 0.1) is 28.2 Å². The van der Waals surface area contributed by atoms with E-state index in [1.165, 1.54) is 4.90 Å². The molecule has 2 aromatic carbocycles. The summed E-state index contributed by atoms with van der Waals surface area (Å²) in [5, 5.41) is 3.32. The van der Waals surface area contributed by atoms with Gasteiger partial charge in [0, 0.05) is 17.9 Å². The summed E-state index contributed by atoms with van der Waals surface area (Å²) in [5.74, 6) is -0.439. The van der Waals surface area contributed by atoms with Crippen LogP contribution in [0.2, 0.25) is 0 Å². The summed E-state index contributed by atoms with van der Waals surface area (Å²) in [5.41, 5.74) is 12.2. The van der Waals surface area contributed by atoms with Crippen molar-refractivity contribution in [2.75, 3.05) is 17.6 Å². The Morgan fingerprint density at radius 2 is 1.59 bits per heavy atom. The highest BCUT2D eigenvalue weighted by atomic mass is 16.2. The molecule has 0 fully saturated rings. The maximum absolute atomic E-state index is 12.5. The molecule has 1 aliphatic rings. The van der Waals surface area contributed by atoms with Crippen molar-refractivity contribution in [3.63, 3.8) is 0 Å². The average molecular weight is 386 g/mol. The summed E-state index contributed by atoms with van der Waals surface area (Å²) in [6, 6.07) is 16.8. The van der Waals surface area contributed by atoms with E-state index < -0.39 is 0 Å². The van der Waals surface area contributed by atoms with Gasteiger partial charge in [-0.05, 0) is 56.2 Å². The number of hydrogen-bond acceptors (Lipinski definition) is 5. The highest BCUT2D eigenvalue weighted by molar-refractivity contribution is 6.21. The molecule has 2 heterocycles. The lowest BCUT2D eigenvalue weighted by molar-refractivity contribution is 0.0656. The van der Waals surface area contributed by atoms with E-state index >= 15 is 0 Å². The molecule has 0 unspecified atom stereocenters. The summed E-state index contributed by atoms with van der Waals surface area (Å²) in [4.78, 5) is 30.6. The zero-order valence-electron chi connectivity index (χ0n) is 16.4. The Morgan fingerprint density at radius 3 is 2.21 bits per heavy atom. The first-order chi connectivity index (χ1) is 13.9. The van der Waals surface area contributed by atoms with Gasteiger partial charge in [-0.2, -0.15) is 0 Å². The topological polar surface area (TPSA) is 88.3 Å². The third-order valence-electron chi connectivity index (χ3n) is 5.11. The molecule has 0 spiro atoms. The van der Waals surface area contributed by atoms with Gasteiger partial charge in [-0.25, -0.2) is 0 Å². The number of rotatable bonds is 5. The molecular weight excluding hydrogens is 364 g/mol. The highest BCUT2D eigenvalue weighted by Gasteiger charge is 2.34. The van der Waals surface area contributed by atoms with Gasteiger partial charge in [0.25, 0.3) is 11.8 Å². The number of nitrogens with one attached hydrogen (secondary N) is 1. The van der Waals surface area contributed by atoms with E-state index in [2.05, 4.69) is 10.3 Å². The number of benzene rings is 2. The van der Waals surface area contributed by atoms with Crippen molar-refractivity contribution < 1.29 is 9.59 Å². The Morgan fingerprint density at radius 1 is 0.966 bits per heavy atom. The number of nitrogen functional groups attached to an aromatic ring is 1. The first-order valence-electron chi connectivity index (χ1n) is 9.49. The number of aryl methyl sites for hydroxylation is 2. The Balaban J connectivity index is 1.42. The van der Waals surface area contributed by atoms with E-state index in [9.17, 15) is 9.59 Å². The predicted molar refractivity (Wildman–Crippen MR) is 113 cm³/mol. The van der Waals surface area contributed by atoms with Gasteiger partial charge in [0.1, 0.15) is 0 Å². The zero-order valence-corrected chi connectivity index (χ0v) is 16.4. The third kappa shape index (κ3) is 3.57. The number of pyridine rings is 1. The number of aromatic nitrogens is 1. The lowest BCUT2D eigenvalue weighted by Gasteiger charge is -2.15. The van der Waals surface area contributed by atoms with Crippen molar-refractivity contribution in [2.45, 2.75) is 20.3 Å². The van der Waals surface area contributed by atoms with E-state index in [4.69, 9.17) is 5.73 Å².